The molecule has 3 nitrogen and oxygen atoms in total. The summed E-state index contributed by atoms with van der Waals surface area (Å²) in [7, 11) is 9.07. The SMILES string of the molecule is CCCCCC[Si](C)(CC(C)(CN(C)C)CN(C)C)OC. The second kappa shape index (κ2) is 9.98. The van der Waals surface area contributed by atoms with Crippen molar-refractivity contribution in [2.75, 3.05) is 48.4 Å². The Kier molecular flexibility index (Phi) is 10.0. The lowest BCUT2D eigenvalue weighted by Crippen LogP contribution is -2.47. The van der Waals surface area contributed by atoms with E-state index in [1.54, 1.807) is 0 Å². The molecule has 1 atom stereocenters. The lowest BCUT2D eigenvalue weighted by atomic mass is 9.92. The van der Waals surface area contributed by atoms with Crippen molar-refractivity contribution in [2.24, 2.45) is 5.41 Å². The summed E-state index contributed by atoms with van der Waals surface area (Å²) in [6.07, 6.45) is 5.37. The second-order valence-electron chi connectivity index (χ2n) is 7.93. The van der Waals surface area contributed by atoms with E-state index < -0.39 is 8.32 Å². The maximum Gasteiger partial charge on any atom is 0.189 e. The molecule has 0 bridgehead atoms. The highest BCUT2D eigenvalue weighted by atomic mass is 28.4. The average molecular weight is 317 g/mol. The first-order valence-corrected chi connectivity index (χ1v) is 11.3. The van der Waals surface area contributed by atoms with Crippen LogP contribution in [0.2, 0.25) is 18.6 Å². The summed E-state index contributed by atoms with van der Waals surface area (Å²) < 4.78 is 6.08. The van der Waals surface area contributed by atoms with Gasteiger partial charge in [0.1, 0.15) is 0 Å². The molecule has 0 amide bonds. The fourth-order valence-electron chi connectivity index (χ4n) is 3.78. The Morgan fingerprint density at radius 1 is 0.952 bits per heavy atom. The maximum absolute atomic E-state index is 6.08. The van der Waals surface area contributed by atoms with Gasteiger partial charge in [-0.3, -0.25) is 0 Å². The molecule has 0 saturated carbocycles. The first-order valence-electron chi connectivity index (χ1n) is 8.51. The number of unbranched alkanes of at least 4 members (excludes halogenated alkanes) is 3. The predicted molar refractivity (Wildman–Crippen MR) is 97.6 cm³/mol. The third-order valence-corrected chi connectivity index (χ3v) is 8.25. The van der Waals surface area contributed by atoms with Gasteiger partial charge >= 0.3 is 0 Å². The minimum Gasteiger partial charge on any atom is -0.420 e. The second-order valence-corrected chi connectivity index (χ2v) is 12.1. The normalized spacial score (nSPS) is 15.7. The Balaban J connectivity index is 4.73. The smallest absolute Gasteiger partial charge is 0.189 e. The van der Waals surface area contributed by atoms with Crippen LogP contribution in [0.4, 0.5) is 0 Å². The van der Waals surface area contributed by atoms with Crippen LogP contribution >= 0.6 is 0 Å². The quantitative estimate of drug-likeness (QED) is 0.401. The van der Waals surface area contributed by atoms with Crippen LogP contribution < -0.4 is 0 Å². The van der Waals surface area contributed by atoms with Gasteiger partial charge in [-0.2, -0.15) is 0 Å². The number of hydrogen-bond donors (Lipinski definition) is 0. The summed E-state index contributed by atoms with van der Waals surface area (Å²) in [6, 6.07) is 2.55. The standard InChI is InChI=1S/C17H40N2OSi/c1-9-10-11-12-13-21(8,20-7)16-17(2,14-18(3)4)15-19(5)6/h9-16H2,1-8H3. The first-order chi connectivity index (χ1) is 9.66. The highest BCUT2D eigenvalue weighted by Gasteiger charge is 2.38. The van der Waals surface area contributed by atoms with Gasteiger partial charge in [0.05, 0.1) is 0 Å². The number of hydrogen-bond acceptors (Lipinski definition) is 3. The average Bonchev–Trinajstić information content (AvgIpc) is 2.32. The van der Waals surface area contributed by atoms with Crippen LogP contribution in [0.5, 0.6) is 0 Å². The summed E-state index contributed by atoms with van der Waals surface area (Å²) in [4.78, 5) is 4.65. The van der Waals surface area contributed by atoms with Gasteiger partial charge in [-0.1, -0.05) is 39.5 Å². The van der Waals surface area contributed by atoms with Crippen LogP contribution in [0.25, 0.3) is 0 Å². The molecule has 0 radical (unpaired) electrons. The van der Waals surface area contributed by atoms with Gasteiger partial charge in [0.2, 0.25) is 0 Å². The topological polar surface area (TPSA) is 15.7 Å². The maximum atomic E-state index is 6.08. The zero-order valence-electron chi connectivity index (χ0n) is 16.0. The third kappa shape index (κ3) is 9.66. The van der Waals surface area contributed by atoms with E-state index in [0.717, 1.165) is 13.1 Å². The fourth-order valence-corrected chi connectivity index (χ4v) is 7.33. The lowest BCUT2D eigenvalue weighted by molar-refractivity contribution is 0.173. The molecule has 0 aromatic rings. The summed E-state index contributed by atoms with van der Waals surface area (Å²) in [5, 5.41) is 0. The highest BCUT2D eigenvalue weighted by molar-refractivity contribution is 6.72. The Labute approximate surface area is 135 Å². The van der Waals surface area contributed by atoms with Gasteiger partial charge in [0.15, 0.2) is 8.32 Å². The van der Waals surface area contributed by atoms with Crippen molar-refractivity contribution in [2.45, 2.75) is 58.2 Å². The first kappa shape index (κ1) is 21.1. The predicted octanol–water partition coefficient (Wildman–Crippen LogP) is 3.92. The Hall–Kier alpha value is 0.0969. The van der Waals surface area contributed by atoms with E-state index in [1.807, 2.05) is 7.11 Å². The molecule has 0 rings (SSSR count). The van der Waals surface area contributed by atoms with Gasteiger partial charge in [-0.25, -0.2) is 0 Å². The van der Waals surface area contributed by atoms with Gasteiger partial charge in [-0.15, -0.1) is 0 Å². The van der Waals surface area contributed by atoms with Crippen LogP contribution in [0, 0.1) is 5.41 Å². The largest absolute Gasteiger partial charge is 0.420 e. The van der Waals surface area contributed by atoms with Crippen LogP contribution in [-0.2, 0) is 4.43 Å². The van der Waals surface area contributed by atoms with Crippen LogP contribution in [0.1, 0.15) is 39.5 Å². The van der Waals surface area contributed by atoms with Crippen LogP contribution in [0.15, 0.2) is 0 Å². The highest BCUT2D eigenvalue weighted by Crippen LogP contribution is 2.34. The molecule has 0 N–H and O–H groups in total. The van der Waals surface area contributed by atoms with Crippen molar-refractivity contribution in [3.05, 3.63) is 0 Å². The molecule has 128 valence electrons. The number of rotatable bonds is 12. The Morgan fingerprint density at radius 2 is 1.48 bits per heavy atom. The van der Waals surface area contributed by atoms with Crippen molar-refractivity contribution >= 4 is 8.32 Å². The molecule has 0 aromatic heterocycles. The third-order valence-electron chi connectivity index (χ3n) is 4.25. The molecule has 0 spiro atoms. The summed E-state index contributed by atoms with van der Waals surface area (Å²) in [5.74, 6) is 0. The van der Waals surface area contributed by atoms with E-state index in [1.165, 1.54) is 37.8 Å². The Morgan fingerprint density at radius 3 is 1.86 bits per heavy atom. The van der Waals surface area contributed by atoms with Crippen molar-refractivity contribution in [3.63, 3.8) is 0 Å². The van der Waals surface area contributed by atoms with Crippen molar-refractivity contribution in [1.29, 1.82) is 0 Å². The Bertz CT molecular complexity index is 262. The van der Waals surface area contributed by atoms with Gasteiger partial charge < -0.3 is 14.2 Å². The number of nitrogens with zero attached hydrogens (tertiary/aromatic N) is 2. The van der Waals surface area contributed by atoms with E-state index >= 15 is 0 Å². The minimum atomic E-state index is -1.60. The molecule has 0 aliphatic heterocycles. The van der Waals surface area contributed by atoms with E-state index in [4.69, 9.17) is 4.43 Å². The molecule has 4 heteroatoms. The zero-order valence-corrected chi connectivity index (χ0v) is 17.0. The van der Waals surface area contributed by atoms with E-state index in [2.05, 4.69) is 58.4 Å². The molecule has 0 aromatic carbocycles. The molecule has 0 aliphatic carbocycles. The molecule has 0 heterocycles. The minimum absolute atomic E-state index is 0.314. The van der Waals surface area contributed by atoms with Crippen molar-refractivity contribution < 1.29 is 4.43 Å². The van der Waals surface area contributed by atoms with E-state index in [-0.39, 0.29) is 0 Å². The molecule has 21 heavy (non-hydrogen) atoms. The summed E-state index contributed by atoms with van der Waals surface area (Å²) in [6.45, 7) is 9.40. The molecular formula is C17H40N2OSi. The molecule has 1 unspecified atom stereocenters. The molecular weight excluding hydrogens is 276 g/mol. The van der Waals surface area contributed by atoms with Gasteiger partial charge in [0, 0.05) is 20.2 Å². The van der Waals surface area contributed by atoms with Crippen molar-refractivity contribution in [3.8, 4) is 0 Å². The van der Waals surface area contributed by atoms with Crippen LogP contribution in [-0.4, -0.2) is 66.5 Å². The molecule has 0 fully saturated rings. The molecule has 0 aliphatic rings. The van der Waals surface area contributed by atoms with Gasteiger partial charge in [0.25, 0.3) is 0 Å². The zero-order chi connectivity index (χ0) is 16.5. The van der Waals surface area contributed by atoms with Crippen molar-refractivity contribution in [1.82, 2.24) is 9.80 Å². The lowest BCUT2D eigenvalue weighted by Gasteiger charge is -2.40. The summed E-state index contributed by atoms with van der Waals surface area (Å²) >= 11 is 0. The van der Waals surface area contributed by atoms with E-state index in [0.29, 0.717) is 5.41 Å². The van der Waals surface area contributed by atoms with Crippen LogP contribution in [0.3, 0.4) is 0 Å². The summed E-state index contributed by atoms with van der Waals surface area (Å²) in [5.41, 5.74) is 0.314. The van der Waals surface area contributed by atoms with E-state index in [9.17, 15) is 0 Å². The monoisotopic (exact) mass is 316 g/mol. The van der Waals surface area contributed by atoms with Gasteiger partial charge in [-0.05, 0) is 52.2 Å². The molecule has 0 saturated heterocycles. The fraction of sp³-hybridized carbons (Fsp3) is 1.00.